The van der Waals surface area contributed by atoms with Gasteiger partial charge in [-0.05, 0) is 0 Å². The topological polar surface area (TPSA) is 0 Å². The van der Waals surface area contributed by atoms with Gasteiger partial charge in [0.25, 0.3) is 0 Å². The van der Waals surface area contributed by atoms with Crippen LogP contribution in [0, 0.1) is 0 Å². The number of unbranched alkanes of at least 4 members (excludes halogenated alkanes) is 3. The average molecular weight is 630 g/mol. The molecule has 0 aliphatic carbocycles. The first-order chi connectivity index (χ1) is 15.9. The van der Waals surface area contributed by atoms with Gasteiger partial charge in [0.05, 0.1) is 0 Å². The molecule has 4 rings (SSSR count). The van der Waals surface area contributed by atoms with Crippen LogP contribution in [0.1, 0.15) is 25.7 Å². The molecule has 0 aliphatic rings. The Balaban J connectivity index is 1.31. The van der Waals surface area contributed by atoms with E-state index in [1.54, 1.807) is 14.3 Å². The first-order valence-electron chi connectivity index (χ1n) is 11.8. The standard InChI is InChI=1S/4C6H5.C6H12.2Sn/c4*1-2-4-6-5-3-1;1-3-5-6-4-2;;/h4*1-5H;1-6H2;;. The molecule has 2 heteroatoms. The summed E-state index contributed by atoms with van der Waals surface area (Å²) in [6.45, 7) is 0. The predicted molar refractivity (Wildman–Crippen MR) is 144 cm³/mol. The molecule has 0 atom stereocenters. The van der Waals surface area contributed by atoms with E-state index in [-0.39, 0.29) is 0 Å². The van der Waals surface area contributed by atoms with Crippen LogP contribution in [0.3, 0.4) is 0 Å². The number of hydrogen-bond acceptors (Lipinski definition) is 0. The van der Waals surface area contributed by atoms with E-state index in [9.17, 15) is 0 Å². The Labute approximate surface area is 208 Å². The van der Waals surface area contributed by atoms with Gasteiger partial charge in [-0.2, -0.15) is 0 Å². The molecule has 0 fully saturated rings. The molecule has 0 unspecified atom stereocenters. The van der Waals surface area contributed by atoms with Crippen molar-refractivity contribution in [2.75, 3.05) is 0 Å². The van der Waals surface area contributed by atoms with Crippen LogP contribution in [-0.4, -0.2) is 39.5 Å². The predicted octanol–water partition coefficient (Wildman–Crippen LogP) is 5.17. The Morgan fingerprint density at radius 1 is 0.312 bits per heavy atom. The summed E-state index contributed by atoms with van der Waals surface area (Å²) in [5.41, 5.74) is 0. The maximum absolute atomic E-state index is 2.38. The van der Waals surface area contributed by atoms with Gasteiger partial charge in [0, 0.05) is 0 Å². The molecule has 0 amide bonds. The molecule has 0 saturated carbocycles. The van der Waals surface area contributed by atoms with E-state index in [0.29, 0.717) is 0 Å². The Morgan fingerprint density at radius 3 is 0.812 bits per heavy atom. The minimum absolute atomic E-state index is 1.38. The molecule has 160 valence electrons. The summed E-state index contributed by atoms with van der Waals surface area (Å²) in [6, 6.07) is 45.4. The quantitative estimate of drug-likeness (QED) is 0.159. The maximum atomic E-state index is 2.38. The van der Waals surface area contributed by atoms with Crippen molar-refractivity contribution in [3.05, 3.63) is 121 Å². The third kappa shape index (κ3) is 6.99. The zero-order valence-corrected chi connectivity index (χ0v) is 24.5. The summed E-state index contributed by atoms with van der Waals surface area (Å²) in [5, 5.41) is 0. The van der Waals surface area contributed by atoms with Crippen molar-refractivity contribution < 1.29 is 0 Å². The van der Waals surface area contributed by atoms with Gasteiger partial charge in [-0.3, -0.25) is 0 Å². The van der Waals surface area contributed by atoms with Crippen LogP contribution in [0.25, 0.3) is 0 Å². The first kappa shape index (κ1) is 23.6. The molecular weight excluding hydrogens is 598 g/mol. The van der Waals surface area contributed by atoms with E-state index in [4.69, 9.17) is 0 Å². The van der Waals surface area contributed by atoms with Crippen LogP contribution >= 0.6 is 0 Å². The second-order valence-corrected chi connectivity index (χ2v) is 23.2. The van der Waals surface area contributed by atoms with Crippen LogP contribution in [0.15, 0.2) is 121 Å². The zero-order chi connectivity index (χ0) is 21.8. The normalized spacial score (nSPS) is 11.2. The summed E-state index contributed by atoms with van der Waals surface area (Å²) in [6.07, 6.45) is 5.52. The van der Waals surface area contributed by atoms with Crippen molar-refractivity contribution in [3.63, 3.8) is 0 Å². The summed E-state index contributed by atoms with van der Waals surface area (Å²) in [7, 11) is 0. The van der Waals surface area contributed by atoms with Crippen LogP contribution in [0.2, 0.25) is 8.87 Å². The second-order valence-electron chi connectivity index (χ2n) is 8.34. The van der Waals surface area contributed by atoms with Crippen molar-refractivity contribution in [2.45, 2.75) is 34.6 Å². The molecule has 4 aromatic rings. The number of hydrogen-bond donors (Lipinski definition) is 0. The Morgan fingerprint density at radius 2 is 0.562 bits per heavy atom. The molecule has 0 saturated heterocycles. The molecule has 0 bridgehead atoms. The minimum atomic E-state index is -1.78. The molecule has 0 aromatic heterocycles. The third-order valence-electron chi connectivity index (χ3n) is 6.09. The molecule has 0 nitrogen and oxygen atoms in total. The third-order valence-corrected chi connectivity index (χ3v) is 22.7. The molecule has 2 radical (unpaired) electrons. The van der Waals surface area contributed by atoms with Gasteiger partial charge in [-0.15, -0.1) is 0 Å². The van der Waals surface area contributed by atoms with Crippen molar-refractivity contribution >= 4 is 53.8 Å². The number of benzene rings is 4. The van der Waals surface area contributed by atoms with Crippen LogP contribution in [-0.2, 0) is 0 Å². The Bertz CT molecular complexity index is 851. The van der Waals surface area contributed by atoms with Crippen molar-refractivity contribution in [3.8, 4) is 0 Å². The van der Waals surface area contributed by atoms with Gasteiger partial charge in [0.2, 0.25) is 0 Å². The van der Waals surface area contributed by atoms with Crippen molar-refractivity contribution in [1.82, 2.24) is 0 Å². The van der Waals surface area contributed by atoms with E-state index in [0.717, 1.165) is 0 Å². The van der Waals surface area contributed by atoms with Gasteiger partial charge in [0.1, 0.15) is 0 Å². The van der Waals surface area contributed by atoms with E-state index in [1.807, 2.05) is 0 Å². The van der Waals surface area contributed by atoms with E-state index >= 15 is 0 Å². The van der Waals surface area contributed by atoms with Gasteiger partial charge < -0.3 is 0 Å². The summed E-state index contributed by atoms with van der Waals surface area (Å²) in [5.74, 6) is 0. The molecule has 0 heterocycles. The van der Waals surface area contributed by atoms with Gasteiger partial charge >= 0.3 is 210 Å². The fraction of sp³-hybridized carbons (Fsp3) is 0.200. The van der Waals surface area contributed by atoms with E-state index in [2.05, 4.69) is 121 Å². The average Bonchev–Trinajstić information content (AvgIpc) is 2.88. The zero-order valence-electron chi connectivity index (χ0n) is 18.8. The van der Waals surface area contributed by atoms with Crippen molar-refractivity contribution in [2.24, 2.45) is 0 Å². The van der Waals surface area contributed by atoms with Gasteiger partial charge in [0.15, 0.2) is 0 Å². The SMILES string of the molecule is c1cc[c]([Sn]([CH2]CCCC[CH2][Sn]([c]2ccccc2)[c]2ccccc2)[c]2ccccc2)cc1. The van der Waals surface area contributed by atoms with Crippen molar-refractivity contribution in [1.29, 1.82) is 0 Å². The Kier molecular flexibility index (Phi) is 9.78. The fourth-order valence-electron chi connectivity index (χ4n) is 4.43. The Hall–Kier alpha value is -1.52. The molecule has 32 heavy (non-hydrogen) atoms. The van der Waals surface area contributed by atoms with Crippen LogP contribution in [0.5, 0.6) is 0 Å². The summed E-state index contributed by atoms with van der Waals surface area (Å²) < 4.78 is 9.43. The van der Waals surface area contributed by atoms with Crippen LogP contribution < -0.4 is 14.3 Å². The summed E-state index contributed by atoms with van der Waals surface area (Å²) in [4.78, 5) is 0. The van der Waals surface area contributed by atoms with Gasteiger partial charge in [-0.1, -0.05) is 0 Å². The monoisotopic (exact) mass is 632 g/mol. The number of rotatable bonds is 11. The van der Waals surface area contributed by atoms with E-state index in [1.165, 1.54) is 34.6 Å². The van der Waals surface area contributed by atoms with Crippen LogP contribution in [0.4, 0.5) is 0 Å². The molecule has 0 spiro atoms. The molecular formula is C30H32Sn2. The molecule has 0 N–H and O–H groups in total. The molecule has 4 aromatic carbocycles. The summed E-state index contributed by atoms with van der Waals surface area (Å²) >= 11 is -3.56. The first-order valence-corrected chi connectivity index (χ1v) is 21.6. The fourth-order valence-corrected chi connectivity index (χ4v) is 19.9. The van der Waals surface area contributed by atoms with Gasteiger partial charge in [-0.25, -0.2) is 0 Å². The van der Waals surface area contributed by atoms with E-state index < -0.39 is 39.5 Å². The second kappa shape index (κ2) is 13.2. The molecule has 0 aliphatic heterocycles.